The molecule has 10 heteroatoms. The van der Waals surface area contributed by atoms with E-state index in [2.05, 4.69) is 0 Å². The number of furan rings is 1. The molecule has 2 heterocycles. The van der Waals surface area contributed by atoms with Crippen LogP contribution in [0.15, 0.2) is 76.4 Å². The van der Waals surface area contributed by atoms with E-state index in [1.54, 1.807) is 25.1 Å². The Morgan fingerprint density at radius 3 is 2.53 bits per heavy atom. The third-order valence-electron chi connectivity index (χ3n) is 6.20. The van der Waals surface area contributed by atoms with E-state index in [1.165, 1.54) is 49.6 Å². The minimum atomic E-state index is -1.23. The molecule has 38 heavy (non-hydrogen) atoms. The van der Waals surface area contributed by atoms with Crippen LogP contribution in [0.4, 0.5) is 5.69 Å². The molecular weight excluding hydrogens is 514 g/mol. The first-order valence-corrected chi connectivity index (χ1v) is 11.9. The maximum Gasteiger partial charge on any atom is 0.294 e. The molecule has 0 radical (unpaired) electrons. The molecule has 1 unspecified atom stereocenters. The number of para-hydroxylation sites is 1. The molecule has 1 aliphatic rings. The molecule has 1 aliphatic heterocycles. The van der Waals surface area contributed by atoms with Crippen molar-refractivity contribution in [1.29, 1.82) is 0 Å². The summed E-state index contributed by atoms with van der Waals surface area (Å²) in [5.74, 6) is -2.58. The molecule has 0 fully saturated rings. The first kappa shape index (κ1) is 25.0. The number of rotatable bonds is 7. The lowest BCUT2D eigenvalue weighted by Crippen LogP contribution is -2.31. The topological polar surface area (TPSA) is 130 Å². The van der Waals surface area contributed by atoms with Crippen molar-refractivity contribution in [3.05, 3.63) is 88.3 Å². The number of phenols is 2. The molecule has 1 atom stereocenters. The van der Waals surface area contributed by atoms with E-state index in [4.69, 9.17) is 25.5 Å². The summed E-state index contributed by atoms with van der Waals surface area (Å²) in [7, 11) is 1.47. The predicted octanol–water partition coefficient (Wildman–Crippen LogP) is 5.69. The van der Waals surface area contributed by atoms with Crippen molar-refractivity contribution in [3.63, 3.8) is 0 Å². The highest BCUT2D eigenvalue weighted by atomic mass is 35.5. The maximum atomic E-state index is 13.9. The van der Waals surface area contributed by atoms with E-state index in [0.717, 1.165) is 4.90 Å². The van der Waals surface area contributed by atoms with Gasteiger partial charge in [-0.3, -0.25) is 14.5 Å². The number of anilines is 1. The van der Waals surface area contributed by atoms with E-state index in [-0.39, 0.29) is 45.9 Å². The van der Waals surface area contributed by atoms with Gasteiger partial charge >= 0.3 is 0 Å². The van der Waals surface area contributed by atoms with Crippen LogP contribution < -0.4 is 14.4 Å². The van der Waals surface area contributed by atoms with Gasteiger partial charge < -0.3 is 29.2 Å². The van der Waals surface area contributed by atoms with Crippen LogP contribution in [0.25, 0.3) is 11.0 Å². The zero-order chi connectivity index (χ0) is 27.1. The monoisotopic (exact) mass is 535 g/mol. The first-order valence-electron chi connectivity index (χ1n) is 11.6. The van der Waals surface area contributed by atoms with Crippen LogP contribution >= 0.6 is 11.6 Å². The minimum absolute atomic E-state index is 0.0286. The molecule has 0 bridgehead atoms. The van der Waals surface area contributed by atoms with Crippen LogP contribution in [0.5, 0.6) is 23.0 Å². The molecule has 0 aliphatic carbocycles. The summed E-state index contributed by atoms with van der Waals surface area (Å²) >= 11 is 6.16. The molecule has 0 saturated heterocycles. The second-order valence-corrected chi connectivity index (χ2v) is 8.89. The number of aliphatic hydroxyl groups is 1. The van der Waals surface area contributed by atoms with Crippen molar-refractivity contribution in [1.82, 2.24) is 0 Å². The number of methoxy groups -OCH3 is 1. The molecule has 9 nitrogen and oxygen atoms in total. The summed E-state index contributed by atoms with van der Waals surface area (Å²) in [4.78, 5) is 28.4. The van der Waals surface area contributed by atoms with E-state index in [9.17, 15) is 24.9 Å². The highest BCUT2D eigenvalue weighted by Gasteiger charge is 2.46. The highest BCUT2D eigenvalue weighted by molar-refractivity contribution is 6.31. The number of carbonyl (C=O) groups is 2. The zero-order valence-electron chi connectivity index (χ0n) is 20.3. The summed E-state index contributed by atoms with van der Waals surface area (Å²) < 4.78 is 16.6. The molecule has 194 valence electrons. The number of benzene rings is 3. The van der Waals surface area contributed by atoms with Gasteiger partial charge in [0.25, 0.3) is 5.91 Å². The van der Waals surface area contributed by atoms with Gasteiger partial charge in [-0.2, -0.15) is 0 Å². The van der Waals surface area contributed by atoms with Gasteiger partial charge in [-0.25, -0.2) is 0 Å². The number of ketones is 1. The molecule has 0 saturated carbocycles. The lowest BCUT2D eigenvalue weighted by atomic mass is 9.94. The summed E-state index contributed by atoms with van der Waals surface area (Å²) in [5.41, 5.74) is 0.326. The number of hydrogen-bond donors (Lipinski definition) is 3. The molecule has 3 aromatic carbocycles. The van der Waals surface area contributed by atoms with Crippen molar-refractivity contribution < 1.29 is 38.8 Å². The van der Waals surface area contributed by atoms with E-state index >= 15 is 0 Å². The predicted molar refractivity (Wildman–Crippen MR) is 139 cm³/mol. The number of aliphatic hydroxyl groups excluding tert-OH is 1. The number of fused-ring (bicyclic) bond motifs is 1. The number of amides is 1. The van der Waals surface area contributed by atoms with Crippen molar-refractivity contribution in [3.8, 4) is 23.0 Å². The van der Waals surface area contributed by atoms with Gasteiger partial charge in [-0.15, -0.1) is 0 Å². The number of ether oxygens (including phenoxy) is 2. The summed E-state index contributed by atoms with van der Waals surface area (Å²) in [6.45, 7) is 1.98. The summed E-state index contributed by atoms with van der Waals surface area (Å²) in [6, 6.07) is 13.8. The van der Waals surface area contributed by atoms with E-state index in [1.807, 2.05) is 0 Å². The van der Waals surface area contributed by atoms with Crippen LogP contribution in [0.2, 0.25) is 5.02 Å². The Labute approximate surface area is 221 Å². The third-order valence-corrected chi connectivity index (χ3v) is 6.44. The summed E-state index contributed by atoms with van der Waals surface area (Å²) in [6.07, 6.45) is 0. The summed E-state index contributed by atoms with van der Waals surface area (Å²) in [5, 5.41) is 32.7. The van der Waals surface area contributed by atoms with E-state index in [0.29, 0.717) is 22.3 Å². The lowest BCUT2D eigenvalue weighted by molar-refractivity contribution is -0.117. The Bertz CT molecular complexity index is 1620. The largest absolute Gasteiger partial charge is 0.506 e. The van der Waals surface area contributed by atoms with Gasteiger partial charge in [-0.1, -0.05) is 29.8 Å². The number of carbonyl (C=O) groups excluding carboxylic acids is 2. The van der Waals surface area contributed by atoms with Crippen LogP contribution in [0, 0.1) is 0 Å². The smallest absolute Gasteiger partial charge is 0.294 e. The fourth-order valence-corrected chi connectivity index (χ4v) is 4.67. The molecule has 3 N–H and O–H groups in total. The van der Waals surface area contributed by atoms with Crippen molar-refractivity contribution in [2.75, 3.05) is 18.6 Å². The van der Waals surface area contributed by atoms with Gasteiger partial charge in [0.1, 0.15) is 5.75 Å². The van der Waals surface area contributed by atoms with Gasteiger partial charge in [0.15, 0.2) is 34.4 Å². The lowest BCUT2D eigenvalue weighted by Gasteiger charge is -2.27. The molecule has 4 aromatic rings. The number of aromatic hydroxyl groups is 2. The molecule has 1 amide bonds. The normalized spacial score (nSPS) is 15.4. The third kappa shape index (κ3) is 4.06. The van der Waals surface area contributed by atoms with Gasteiger partial charge in [0.05, 0.1) is 31.0 Å². The molecule has 5 rings (SSSR count). The number of halogens is 1. The van der Waals surface area contributed by atoms with Crippen molar-refractivity contribution in [2.45, 2.75) is 13.0 Å². The van der Waals surface area contributed by atoms with Crippen LogP contribution in [0.1, 0.15) is 29.1 Å². The van der Waals surface area contributed by atoms with Crippen LogP contribution in [-0.2, 0) is 4.79 Å². The maximum absolute atomic E-state index is 13.9. The fraction of sp³-hybridized carbons (Fsp3) is 0.143. The quantitative estimate of drug-likeness (QED) is 0.257. The number of Topliss-reactive ketones (excluding diaryl/α,β-unsaturated/α-hetero) is 1. The van der Waals surface area contributed by atoms with Crippen LogP contribution in [0.3, 0.4) is 0 Å². The van der Waals surface area contributed by atoms with Crippen LogP contribution in [-0.4, -0.2) is 40.7 Å². The Balaban J connectivity index is 1.70. The minimum Gasteiger partial charge on any atom is -0.506 e. The molecule has 0 spiro atoms. The average Bonchev–Trinajstić information content (AvgIpc) is 3.46. The SMILES string of the molecule is CCOc1cc(C2C(C(=O)c3cc4cccc(OC)c4o3)=C(O)C(=O)N2c2cc(Cl)ccc2O)ccc1O. The first-order chi connectivity index (χ1) is 18.2. The fourth-order valence-electron chi connectivity index (χ4n) is 4.50. The van der Waals surface area contributed by atoms with E-state index < -0.39 is 23.5 Å². The second kappa shape index (κ2) is 9.68. The molecule has 1 aromatic heterocycles. The Hall–Kier alpha value is -4.63. The number of hydrogen-bond acceptors (Lipinski definition) is 8. The van der Waals surface area contributed by atoms with Gasteiger partial charge in [0, 0.05) is 10.4 Å². The Morgan fingerprint density at radius 2 is 1.79 bits per heavy atom. The number of phenolic OH excluding ortho intramolecular Hbond substituents is 2. The van der Waals surface area contributed by atoms with Gasteiger partial charge in [-0.05, 0) is 55.0 Å². The average molecular weight is 536 g/mol. The highest BCUT2D eigenvalue weighted by Crippen LogP contribution is 2.47. The Kier molecular flexibility index (Phi) is 6.38. The standard InChI is InChI=1S/C28H22ClNO8/c1-3-37-21-11-14(7-9-19(21)32)24-23(25(33)22-12-15-5-4-6-20(36-2)27(15)38-22)26(34)28(35)30(24)17-13-16(29)8-10-18(17)31/h4-13,24,31-32,34H,3H2,1-2H3. The second-order valence-electron chi connectivity index (χ2n) is 8.45. The number of nitrogens with zero attached hydrogens (tertiary/aromatic N) is 1. The van der Waals surface area contributed by atoms with Crippen molar-refractivity contribution in [2.24, 2.45) is 0 Å². The van der Waals surface area contributed by atoms with Crippen molar-refractivity contribution >= 4 is 39.9 Å². The molecular formula is C28H22ClNO8. The zero-order valence-corrected chi connectivity index (χ0v) is 21.0. The van der Waals surface area contributed by atoms with Gasteiger partial charge in [0.2, 0.25) is 5.78 Å². The Morgan fingerprint density at radius 1 is 1.03 bits per heavy atom.